The van der Waals surface area contributed by atoms with Crippen molar-refractivity contribution in [3.05, 3.63) is 53.6 Å². The molecule has 6 nitrogen and oxygen atoms in total. The van der Waals surface area contributed by atoms with Gasteiger partial charge in [-0.1, -0.05) is 18.2 Å². The number of anilines is 1. The summed E-state index contributed by atoms with van der Waals surface area (Å²) >= 11 is 0. The van der Waals surface area contributed by atoms with Gasteiger partial charge in [-0.3, -0.25) is 4.79 Å². The fourth-order valence-electron chi connectivity index (χ4n) is 3.14. The van der Waals surface area contributed by atoms with Gasteiger partial charge in [-0.2, -0.15) is 0 Å². The molecule has 0 radical (unpaired) electrons. The molecule has 1 aliphatic rings. The van der Waals surface area contributed by atoms with Crippen molar-refractivity contribution >= 4 is 21.6 Å². The molecule has 1 atom stereocenters. The van der Waals surface area contributed by atoms with E-state index in [0.717, 1.165) is 17.7 Å². The largest absolute Gasteiger partial charge is 0.495 e. The third-order valence-corrected chi connectivity index (χ3v) is 5.83. The highest BCUT2D eigenvalue weighted by atomic mass is 32.2. The number of para-hydroxylation sites is 1. The third-order valence-electron chi connectivity index (χ3n) is 4.39. The van der Waals surface area contributed by atoms with E-state index < -0.39 is 10.0 Å². The number of hydrogen-bond donors (Lipinski definition) is 1. The van der Waals surface area contributed by atoms with Crippen LogP contribution in [0.15, 0.2) is 47.4 Å². The number of rotatable bonds is 4. The summed E-state index contributed by atoms with van der Waals surface area (Å²) in [6.07, 6.45) is 0.778. The van der Waals surface area contributed by atoms with Crippen LogP contribution in [0.5, 0.6) is 5.75 Å². The fourth-order valence-corrected chi connectivity index (χ4v) is 4.06. The highest BCUT2D eigenvalue weighted by Gasteiger charge is 2.32. The van der Waals surface area contributed by atoms with Gasteiger partial charge in [0, 0.05) is 17.3 Å². The standard InChI is InChI=1S/C18H20N2O4S/c1-12-10-13-6-4-5-7-15(13)20(12)18(21)14-8-9-16(24-3)17(11-14)25(22,23)19-2/h4-9,11-12,19H,10H2,1-3H3. The summed E-state index contributed by atoms with van der Waals surface area (Å²) in [6.45, 7) is 1.98. The maximum absolute atomic E-state index is 13.1. The molecule has 0 bridgehead atoms. The molecule has 0 saturated heterocycles. The number of sulfonamides is 1. The van der Waals surface area contributed by atoms with Crippen molar-refractivity contribution in [2.45, 2.75) is 24.3 Å². The van der Waals surface area contributed by atoms with Gasteiger partial charge in [-0.05, 0) is 50.2 Å². The summed E-state index contributed by atoms with van der Waals surface area (Å²) in [7, 11) is -1.03. The van der Waals surface area contributed by atoms with Crippen LogP contribution in [-0.2, 0) is 16.4 Å². The molecule has 7 heteroatoms. The van der Waals surface area contributed by atoms with Gasteiger partial charge in [0.2, 0.25) is 10.0 Å². The first kappa shape index (κ1) is 17.4. The Morgan fingerprint density at radius 1 is 1.24 bits per heavy atom. The molecule has 25 heavy (non-hydrogen) atoms. The van der Waals surface area contributed by atoms with Gasteiger partial charge in [0.1, 0.15) is 10.6 Å². The number of nitrogens with one attached hydrogen (secondary N) is 1. The summed E-state index contributed by atoms with van der Waals surface area (Å²) in [5, 5.41) is 0. The number of amides is 1. The molecule has 1 unspecified atom stereocenters. The second-order valence-electron chi connectivity index (χ2n) is 5.93. The van der Waals surface area contributed by atoms with E-state index in [1.54, 1.807) is 11.0 Å². The molecule has 2 aromatic carbocycles. The predicted octanol–water partition coefficient (Wildman–Crippen LogP) is 2.19. The van der Waals surface area contributed by atoms with Crippen molar-refractivity contribution in [2.24, 2.45) is 0 Å². The van der Waals surface area contributed by atoms with Crippen molar-refractivity contribution < 1.29 is 17.9 Å². The lowest BCUT2D eigenvalue weighted by Crippen LogP contribution is -2.35. The molecule has 0 fully saturated rings. The van der Waals surface area contributed by atoms with Crippen LogP contribution >= 0.6 is 0 Å². The summed E-state index contributed by atoms with van der Waals surface area (Å²) in [6, 6.07) is 12.2. The van der Waals surface area contributed by atoms with E-state index in [1.165, 1.54) is 26.3 Å². The highest BCUT2D eigenvalue weighted by Crippen LogP contribution is 2.34. The topological polar surface area (TPSA) is 75.7 Å². The molecule has 1 amide bonds. The zero-order chi connectivity index (χ0) is 18.2. The Morgan fingerprint density at radius 2 is 1.96 bits per heavy atom. The van der Waals surface area contributed by atoms with Crippen molar-refractivity contribution in [1.29, 1.82) is 0 Å². The van der Waals surface area contributed by atoms with Crippen LogP contribution in [0.3, 0.4) is 0 Å². The molecular weight excluding hydrogens is 340 g/mol. The first-order valence-corrected chi connectivity index (χ1v) is 9.40. The van der Waals surface area contributed by atoms with Gasteiger partial charge in [0.05, 0.1) is 7.11 Å². The minimum absolute atomic E-state index is 0.0105. The molecule has 0 spiro atoms. The second kappa shape index (κ2) is 6.50. The highest BCUT2D eigenvalue weighted by molar-refractivity contribution is 7.89. The minimum Gasteiger partial charge on any atom is -0.495 e. The quantitative estimate of drug-likeness (QED) is 0.907. The Hall–Kier alpha value is -2.38. The van der Waals surface area contributed by atoms with Gasteiger partial charge < -0.3 is 9.64 Å². The molecule has 0 saturated carbocycles. The van der Waals surface area contributed by atoms with E-state index >= 15 is 0 Å². The van der Waals surface area contributed by atoms with Crippen molar-refractivity contribution in [3.8, 4) is 5.75 Å². The number of ether oxygens (including phenoxy) is 1. The van der Waals surface area contributed by atoms with Crippen LogP contribution < -0.4 is 14.4 Å². The van der Waals surface area contributed by atoms with Crippen LogP contribution in [0.25, 0.3) is 0 Å². The lowest BCUT2D eigenvalue weighted by atomic mass is 10.1. The maximum atomic E-state index is 13.1. The summed E-state index contributed by atoms with van der Waals surface area (Å²) in [5.41, 5.74) is 2.28. The van der Waals surface area contributed by atoms with Crippen molar-refractivity contribution in [3.63, 3.8) is 0 Å². The van der Waals surface area contributed by atoms with Crippen molar-refractivity contribution in [1.82, 2.24) is 4.72 Å². The maximum Gasteiger partial charge on any atom is 0.258 e. The van der Waals surface area contributed by atoms with Crippen LogP contribution in [0.2, 0.25) is 0 Å². The van der Waals surface area contributed by atoms with Gasteiger partial charge in [-0.15, -0.1) is 0 Å². The SMILES string of the molecule is CNS(=O)(=O)c1cc(C(=O)N2c3ccccc3CC2C)ccc1OC. The Bertz CT molecular complexity index is 924. The minimum atomic E-state index is -3.74. The van der Waals surface area contributed by atoms with Gasteiger partial charge in [-0.25, -0.2) is 13.1 Å². The summed E-state index contributed by atoms with van der Waals surface area (Å²) in [4.78, 5) is 14.7. The third kappa shape index (κ3) is 3.01. The van der Waals surface area contributed by atoms with E-state index in [2.05, 4.69) is 4.72 Å². The van der Waals surface area contributed by atoms with Gasteiger partial charge in [0.15, 0.2) is 0 Å². The molecule has 3 rings (SSSR count). The predicted molar refractivity (Wildman–Crippen MR) is 95.7 cm³/mol. The number of benzene rings is 2. The Balaban J connectivity index is 2.06. The fraction of sp³-hybridized carbons (Fsp3) is 0.278. The van der Waals surface area contributed by atoms with E-state index in [-0.39, 0.29) is 22.6 Å². The molecule has 1 N–H and O–H groups in total. The number of hydrogen-bond acceptors (Lipinski definition) is 4. The van der Waals surface area contributed by atoms with Crippen LogP contribution in [0.4, 0.5) is 5.69 Å². The summed E-state index contributed by atoms with van der Waals surface area (Å²) in [5.74, 6) is -0.0339. The zero-order valence-electron chi connectivity index (χ0n) is 14.3. The summed E-state index contributed by atoms with van der Waals surface area (Å²) < 4.78 is 31.8. The number of carbonyl (C=O) groups is 1. The molecule has 0 aliphatic carbocycles. The Morgan fingerprint density at radius 3 is 2.64 bits per heavy atom. The van der Waals surface area contributed by atoms with Crippen LogP contribution in [0, 0.1) is 0 Å². The Kier molecular flexibility index (Phi) is 4.53. The van der Waals surface area contributed by atoms with Crippen molar-refractivity contribution in [2.75, 3.05) is 19.1 Å². The van der Waals surface area contributed by atoms with E-state index in [9.17, 15) is 13.2 Å². The molecular formula is C18H20N2O4S. The normalized spacial score (nSPS) is 16.6. The second-order valence-corrected chi connectivity index (χ2v) is 7.79. The molecule has 2 aromatic rings. The first-order chi connectivity index (χ1) is 11.9. The Labute approximate surface area is 147 Å². The van der Waals surface area contributed by atoms with Gasteiger partial charge >= 0.3 is 0 Å². The monoisotopic (exact) mass is 360 g/mol. The number of nitrogens with zero attached hydrogens (tertiary/aromatic N) is 1. The van der Waals surface area contributed by atoms with Crippen LogP contribution in [-0.4, -0.2) is 34.5 Å². The average molecular weight is 360 g/mol. The smallest absolute Gasteiger partial charge is 0.258 e. The zero-order valence-corrected chi connectivity index (χ0v) is 15.1. The molecule has 1 heterocycles. The average Bonchev–Trinajstić information content (AvgIpc) is 2.96. The van der Waals surface area contributed by atoms with E-state index in [4.69, 9.17) is 4.74 Å². The molecule has 0 aromatic heterocycles. The molecule has 132 valence electrons. The number of carbonyl (C=O) groups excluding carboxylic acids is 1. The van der Waals surface area contributed by atoms with Crippen LogP contribution in [0.1, 0.15) is 22.8 Å². The lowest BCUT2D eigenvalue weighted by Gasteiger charge is -2.23. The first-order valence-electron chi connectivity index (χ1n) is 7.92. The molecule has 1 aliphatic heterocycles. The number of methoxy groups -OCH3 is 1. The van der Waals surface area contributed by atoms with E-state index in [1.807, 2.05) is 31.2 Å². The number of fused-ring (bicyclic) bond motifs is 1. The van der Waals surface area contributed by atoms with Gasteiger partial charge in [0.25, 0.3) is 5.91 Å². The lowest BCUT2D eigenvalue weighted by molar-refractivity contribution is 0.0981. The van der Waals surface area contributed by atoms with E-state index in [0.29, 0.717) is 5.56 Å².